The average Bonchev–Trinajstić information content (AvgIpc) is 3.51. The first-order valence-electron chi connectivity index (χ1n) is 19.3. The van der Waals surface area contributed by atoms with E-state index in [4.69, 9.17) is 11.1 Å². The van der Waals surface area contributed by atoms with Gasteiger partial charge in [0.25, 0.3) is 0 Å². The largest absolute Gasteiger partial charge is 0.330 e. The van der Waals surface area contributed by atoms with Crippen molar-refractivity contribution in [2.24, 2.45) is 28.9 Å². The average molecular weight is 649 g/mol. The molecular formula is C45H80N2. The van der Waals surface area contributed by atoms with Gasteiger partial charge in [-0.15, -0.1) is 0 Å². The van der Waals surface area contributed by atoms with E-state index < -0.39 is 0 Å². The quantitative estimate of drug-likeness (QED) is 0.155. The summed E-state index contributed by atoms with van der Waals surface area (Å²) in [6.45, 7) is 29.0. The van der Waals surface area contributed by atoms with Crippen LogP contribution in [0, 0.1) is 28.6 Å². The van der Waals surface area contributed by atoms with Gasteiger partial charge in [-0.1, -0.05) is 186 Å². The first-order valence-corrected chi connectivity index (χ1v) is 19.3. The Balaban J connectivity index is 0. The van der Waals surface area contributed by atoms with Crippen LogP contribution in [0.2, 0.25) is 0 Å². The van der Waals surface area contributed by atoms with Crippen LogP contribution in [-0.4, -0.2) is 12.3 Å². The van der Waals surface area contributed by atoms with E-state index in [0.717, 1.165) is 43.1 Å². The van der Waals surface area contributed by atoms with E-state index in [1.54, 1.807) is 13.8 Å². The molecule has 2 heteroatoms. The maximum Gasteiger partial charge on any atom is 0.00272 e. The number of benzene rings is 2. The summed E-state index contributed by atoms with van der Waals surface area (Å²) in [6, 6.07) is 21.5. The van der Waals surface area contributed by atoms with E-state index in [-0.39, 0.29) is 0 Å². The van der Waals surface area contributed by atoms with Crippen molar-refractivity contribution in [1.82, 2.24) is 0 Å². The van der Waals surface area contributed by atoms with E-state index in [2.05, 4.69) is 123 Å². The maximum atomic E-state index is 6.50. The van der Waals surface area contributed by atoms with Crippen LogP contribution in [-0.2, 0) is 6.42 Å². The van der Waals surface area contributed by atoms with Crippen LogP contribution in [0.25, 0.3) is 0 Å². The molecule has 0 aliphatic heterocycles. The number of nitrogens with two attached hydrogens (primary N) is 1. The van der Waals surface area contributed by atoms with Crippen LogP contribution in [0.5, 0.6) is 0 Å². The first-order chi connectivity index (χ1) is 22.3. The lowest BCUT2D eigenvalue weighted by molar-refractivity contribution is 0.304. The summed E-state index contributed by atoms with van der Waals surface area (Å²) in [5.74, 6) is 3.30. The fourth-order valence-corrected chi connectivity index (χ4v) is 6.08. The van der Waals surface area contributed by atoms with E-state index in [1.807, 2.05) is 6.07 Å². The molecule has 2 aromatic carbocycles. The molecule has 1 aliphatic carbocycles. The lowest BCUT2D eigenvalue weighted by atomic mass is 9.77. The number of nitrogens with one attached hydrogen (secondary N) is 1. The van der Waals surface area contributed by atoms with Gasteiger partial charge in [0.15, 0.2) is 0 Å². The molecule has 1 saturated carbocycles. The summed E-state index contributed by atoms with van der Waals surface area (Å²) in [5, 5.41) is 6.50. The molecule has 2 nitrogen and oxygen atoms in total. The van der Waals surface area contributed by atoms with Crippen LogP contribution in [0.4, 0.5) is 0 Å². The second-order valence-electron chi connectivity index (χ2n) is 14.7. The highest BCUT2D eigenvalue weighted by atomic mass is 14.6. The normalized spacial score (nSPS) is 14.7. The fraction of sp³-hybridized carbons (Fsp3) is 0.667. The first kappa shape index (κ1) is 46.9. The monoisotopic (exact) mass is 649 g/mol. The number of rotatable bonds is 14. The van der Waals surface area contributed by atoms with Crippen LogP contribution >= 0.6 is 0 Å². The second-order valence-corrected chi connectivity index (χ2v) is 14.7. The zero-order valence-electron chi connectivity index (χ0n) is 33.3. The van der Waals surface area contributed by atoms with Crippen molar-refractivity contribution in [2.75, 3.05) is 6.54 Å². The molecule has 3 unspecified atom stereocenters. The lowest BCUT2D eigenvalue weighted by Crippen LogP contribution is -2.22. The Morgan fingerprint density at radius 3 is 1.60 bits per heavy atom. The highest BCUT2D eigenvalue weighted by molar-refractivity contribution is 5.75. The Hall–Kier alpha value is -2.19. The third kappa shape index (κ3) is 25.5. The molecule has 0 bridgehead atoms. The molecule has 3 rings (SSSR count). The molecule has 0 radical (unpaired) electrons. The number of hydrogen-bond acceptors (Lipinski definition) is 2. The molecule has 0 aromatic heterocycles. The van der Waals surface area contributed by atoms with Crippen LogP contribution in [0.15, 0.2) is 72.8 Å². The Morgan fingerprint density at radius 2 is 1.23 bits per heavy atom. The van der Waals surface area contributed by atoms with Crippen molar-refractivity contribution in [1.29, 1.82) is 5.41 Å². The lowest BCUT2D eigenvalue weighted by Gasteiger charge is -2.28. The molecule has 270 valence electrons. The highest BCUT2D eigenvalue weighted by Gasteiger charge is 2.26. The Morgan fingerprint density at radius 1 is 0.787 bits per heavy atom. The molecule has 0 amide bonds. The smallest absolute Gasteiger partial charge is 0.00272 e. The van der Waals surface area contributed by atoms with Gasteiger partial charge in [0.05, 0.1) is 0 Å². The topological polar surface area (TPSA) is 49.9 Å². The minimum absolute atomic E-state index is 0.514. The second kappa shape index (κ2) is 29.9. The molecule has 3 N–H and O–H groups in total. The van der Waals surface area contributed by atoms with Gasteiger partial charge in [0.1, 0.15) is 0 Å². The maximum absolute atomic E-state index is 6.50. The summed E-state index contributed by atoms with van der Waals surface area (Å²) in [7, 11) is 0. The van der Waals surface area contributed by atoms with Gasteiger partial charge in [-0.3, -0.25) is 0 Å². The summed E-state index contributed by atoms with van der Waals surface area (Å²) in [4.78, 5) is 0. The van der Waals surface area contributed by atoms with Gasteiger partial charge in [-0.25, -0.2) is 0 Å². The Labute approximate surface area is 295 Å². The number of hydrogen-bond donors (Lipinski definition) is 2. The highest BCUT2D eigenvalue weighted by Crippen LogP contribution is 2.36. The van der Waals surface area contributed by atoms with Crippen LogP contribution in [0.1, 0.15) is 170 Å². The van der Waals surface area contributed by atoms with Crippen molar-refractivity contribution >= 4 is 5.71 Å². The third-order valence-corrected chi connectivity index (χ3v) is 9.67. The molecule has 0 spiro atoms. The summed E-state index contributed by atoms with van der Waals surface area (Å²) >= 11 is 0. The van der Waals surface area contributed by atoms with Gasteiger partial charge >= 0.3 is 0 Å². The van der Waals surface area contributed by atoms with Crippen molar-refractivity contribution < 1.29 is 0 Å². The summed E-state index contributed by atoms with van der Waals surface area (Å²) in [6.07, 6.45) is 17.0. The van der Waals surface area contributed by atoms with E-state index in [9.17, 15) is 0 Å². The number of allylic oxidation sites excluding steroid dienone is 1. The predicted molar refractivity (Wildman–Crippen MR) is 216 cm³/mol. The SMILES string of the molecule is C=C(CC)Cc1ccccc1.CC(C)=N.CC1(CN)CCCC1.CCCC(C)CCC.CCCC(c1ccccc1)C(C)C(C)CC. The van der Waals surface area contributed by atoms with Crippen LogP contribution in [0.3, 0.4) is 0 Å². The molecule has 0 saturated heterocycles. The van der Waals surface area contributed by atoms with Crippen LogP contribution < -0.4 is 5.73 Å². The van der Waals surface area contributed by atoms with E-state index in [0.29, 0.717) is 11.1 Å². The minimum Gasteiger partial charge on any atom is -0.330 e. The van der Waals surface area contributed by atoms with Crippen molar-refractivity contribution in [3.63, 3.8) is 0 Å². The molecule has 2 aromatic rings. The fourth-order valence-electron chi connectivity index (χ4n) is 6.08. The summed E-state index contributed by atoms with van der Waals surface area (Å²) < 4.78 is 0. The van der Waals surface area contributed by atoms with Gasteiger partial charge in [-0.05, 0) is 92.7 Å². The summed E-state index contributed by atoms with van der Waals surface area (Å²) in [5.41, 5.74) is 10.9. The zero-order chi connectivity index (χ0) is 36.1. The molecule has 3 atom stereocenters. The molecule has 1 aliphatic rings. The molecule has 47 heavy (non-hydrogen) atoms. The minimum atomic E-state index is 0.514. The van der Waals surface area contributed by atoms with E-state index >= 15 is 0 Å². The third-order valence-electron chi connectivity index (χ3n) is 9.67. The van der Waals surface area contributed by atoms with Gasteiger partial charge in [0.2, 0.25) is 0 Å². The molecule has 0 heterocycles. The van der Waals surface area contributed by atoms with Crippen molar-refractivity contribution in [3.05, 3.63) is 83.9 Å². The Kier molecular flexibility index (Phi) is 29.9. The van der Waals surface area contributed by atoms with Gasteiger partial charge in [-0.2, -0.15) is 0 Å². The van der Waals surface area contributed by atoms with Crippen molar-refractivity contribution in [2.45, 2.75) is 166 Å². The van der Waals surface area contributed by atoms with Crippen molar-refractivity contribution in [3.8, 4) is 0 Å². The predicted octanol–water partition coefficient (Wildman–Crippen LogP) is 14.2. The molecule has 1 fully saturated rings. The zero-order valence-corrected chi connectivity index (χ0v) is 33.3. The standard InChI is InChI=1S/C16H26.C11H14.C8H18.C7H15N.C3H7N/c1-5-10-16(14(4)13(3)6-2)15-11-8-7-9-12-15;1-3-10(2)9-11-7-5-4-6-8-11;1-4-6-8(3)7-5-2;1-7(6-8)4-2-3-5-7;1-3(2)4/h7-9,11-14,16H,5-6,10H2,1-4H3;4-8H,2-3,9H2,1H3;8H,4-7H2,1-3H3;2-6,8H2,1H3;4H,1-2H3. The van der Waals surface area contributed by atoms with Gasteiger partial charge in [0, 0.05) is 5.71 Å². The molecular weight excluding hydrogens is 569 g/mol. The van der Waals surface area contributed by atoms with E-state index in [1.165, 1.54) is 87.3 Å². The Bertz CT molecular complexity index is 964. The van der Waals surface area contributed by atoms with Gasteiger partial charge < -0.3 is 11.1 Å².